The molecule has 3 aromatic rings. The molecule has 9 nitrogen and oxygen atoms in total. The summed E-state index contributed by atoms with van der Waals surface area (Å²) in [4.78, 5) is 39.3. The number of nitrogens with zero attached hydrogens (tertiary/aromatic N) is 4. The molecule has 0 fully saturated rings. The number of carbonyl (C=O) groups is 1. The number of hydrogen-bond acceptors (Lipinski definition) is 6. The average Bonchev–Trinajstić information content (AvgIpc) is 3.12. The monoisotopic (exact) mass is 454 g/mol. The Morgan fingerprint density at radius 3 is 2.12 bits per heavy atom. The normalized spacial score (nSPS) is 11.6. The molecule has 0 unspecified atom stereocenters. The number of aromatic nitrogens is 1. The summed E-state index contributed by atoms with van der Waals surface area (Å²) >= 11 is 1.37. The number of nitro benzene ring substituents is 2. The number of thiazole rings is 1. The summed E-state index contributed by atoms with van der Waals surface area (Å²) in [6.45, 7) is 8.60. The van der Waals surface area contributed by atoms with Crippen LogP contribution >= 0.6 is 11.3 Å². The van der Waals surface area contributed by atoms with Gasteiger partial charge in [-0.1, -0.05) is 19.1 Å². The fourth-order valence-electron chi connectivity index (χ4n) is 3.36. The summed E-state index contributed by atoms with van der Waals surface area (Å²) in [6, 6.07) is 9.01. The van der Waals surface area contributed by atoms with Gasteiger partial charge >= 0.3 is 0 Å². The number of nitro groups is 2. The number of carbonyl (C=O) groups excluding carboxylic acids is 1. The van der Waals surface area contributed by atoms with Gasteiger partial charge in [0.05, 0.1) is 27.2 Å². The van der Waals surface area contributed by atoms with E-state index in [0.29, 0.717) is 11.3 Å². The van der Waals surface area contributed by atoms with E-state index in [-0.39, 0.29) is 5.56 Å². The molecule has 0 aliphatic heterocycles. The van der Waals surface area contributed by atoms with Gasteiger partial charge in [0.15, 0.2) is 4.80 Å². The van der Waals surface area contributed by atoms with Gasteiger partial charge in [0.25, 0.3) is 17.3 Å². The molecule has 0 aliphatic carbocycles. The lowest BCUT2D eigenvalue weighted by atomic mass is 10.0. The molecule has 0 saturated carbocycles. The number of rotatable bonds is 6. The zero-order valence-electron chi connectivity index (χ0n) is 18.1. The maximum atomic E-state index is 12.9. The van der Waals surface area contributed by atoms with Gasteiger partial charge in [-0.15, -0.1) is 11.3 Å². The number of amides is 1. The second-order valence-corrected chi connectivity index (χ2v) is 8.28. The van der Waals surface area contributed by atoms with Crippen molar-refractivity contribution in [2.45, 2.75) is 40.7 Å². The van der Waals surface area contributed by atoms with E-state index in [1.165, 1.54) is 16.9 Å². The maximum absolute atomic E-state index is 12.9. The Labute approximate surface area is 188 Å². The molecular formula is C22H22N4O5S. The Morgan fingerprint density at radius 2 is 1.62 bits per heavy atom. The molecule has 1 aromatic heterocycles. The first-order valence-corrected chi connectivity index (χ1v) is 10.8. The smallest absolute Gasteiger partial charge is 0.280 e. The lowest BCUT2D eigenvalue weighted by Crippen LogP contribution is -2.17. The first-order valence-electron chi connectivity index (χ1n) is 9.99. The van der Waals surface area contributed by atoms with E-state index in [9.17, 15) is 25.0 Å². The van der Waals surface area contributed by atoms with E-state index in [0.717, 1.165) is 46.3 Å². The Balaban J connectivity index is 2.18. The van der Waals surface area contributed by atoms with Crippen molar-refractivity contribution < 1.29 is 14.6 Å². The molecule has 0 saturated heterocycles. The molecule has 2 aromatic carbocycles. The van der Waals surface area contributed by atoms with Gasteiger partial charge in [-0.3, -0.25) is 25.0 Å². The number of non-ortho nitro benzene ring substituents is 2. The van der Waals surface area contributed by atoms with Crippen LogP contribution in [-0.4, -0.2) is 20.3 Å². The minimum absolute atomic E-state index is 0.201. The molecule has 0 radical (unpaired) electrons. The van der Waals surface area contributed by atoms with Crippen LogP contribution in [-0.2, 0) is 13.0 Å². The Kier molecular flexibility index (Phi) is 6.64. The summed E-state index contributed by atoms with van der Waals surface area (Å²) < 4.78 is 1.93. The predicted octanol–water partition coefficient (Wildman–Crippen LogP) is 4.97. The Bertz CT molecular complexity index is 1270. The van der Waals surface area contributed by atoms with E-state index in [1.54, 1.807) is 0 Å². The van der Waals surface area contributed by atoms with Gasteiger partial charge in [-0.25, -0.2) is 0 Å². The highest BCUT2D eigenvalue weighted by Crippen LogP contribution is 2.28. The maximum Gasteiger partial charge on any atom is 0.280 e. The van der Waals surface area contributed by atoms with Crippen LogP contribution in [0.4, 0.5) is 11.4 Å². The van der Waals surface area contributed by atoms with Crippen LogP contribution in [0, 0.1) is 34.1 Å². The van der Waals surface area contributed by atoms with Gasteiger partial charge in [0.1, 0.15) is 0 Å². The lowest BCUT2D eigenvalue weighted by Gasteiger charge is -2.10. The Morgan fingerprint density at radius 1 is 1.00 bits per heavy atom. The van der Waals surface area contributed by atoms with Gasteiger partial charge in [0.2, 0.25) is 0 Å². The first kappa shape index (κ1) is 23.0. The molecule has 10 heteroatoms. The van der Waals surface area contributed by atoms with Crippen LogP contribution in [0.1, 0.15) is 40.2 Å². The summed E-state index contributed by atoms with van der Waals surface area (Å²) in [6.07, 6.45) is 0.735. The fourth-order valence-corrected chi connectivity index (χ4v) is 4.51. The minimum atomic E-state index is -0.770. The Hall–Kier alpha value is -3.66. The summed E-state index contributed by atoms with van der Waals surface area (Å²) in [5.74, 6) is -0.769. The second-order valence-electron chi connectivity index (χ2n) is 7.22. The lowest BCUT2D eigenvalue weighted by molar-refractivity contribution is -0.394. The van der Waals surface area contributed by atoms with E-state index in [2.05, 4.69) is 11.1 Å². The highest BCUT2D eigenvalue weighted by molar-refractivity contribution is 7.09. The van der Waals surface area contributed by atoms with Crippen molar-refractivity contribution >= 4 is 28.6 Å². The van der Waals surface area contributed by atoms with Gasteiger partial charge < -0.3 is 4.57 Å². The van der Waals surface area contributed by atoms with Crippen LogP contribution in [0.5, 0.6) is 0 Å². The van der Waals surface area contributed by atoms with E-state index >= 15 is 0 Å². The topological polar surface area (TPSA) is 121 Å². The summed E-state index contributed by atoms with van der Waals surface area (Å²) in [5.41, 5.74) is 3.05. The van der Waals surface area contributed by atoms with E-state index < -0.39 is 27.1 Å². The summed E-state index contributed by atoms with van der Waals surface area (Å²) in [5, 5.41) is 22.3. The SMILES string of the molecule is CCc1sc(=NC(=O)c2cc([N+](=O)[O-])cc([N+](=O)[O-])c2)n(CC)c1-c1ccc(C)c(C)c1. The van der Waals surface area contributed by atoms with Crippen LogP contribution in [0.2, 0.25) is 0 Å². The molecule has 1 amide bonds. The van der Waals surface area contributed by atoms with Crippen LogP contribution < -0.4 is 4.80 Å². The van der Waals surface area contributed by atoms with Gasteiger partial charge in [-0.05, 0) is 49.9 Å². The van der Waals surface area contributed by atoms with Crippen LogP contribution in [0.3, 0.4) is 0 Å². The number of benzene rings is 2. The van der Waals surface area contributed by atoms with Crippen LogP contribution in [0.15, 0.2) is 41.4 Å². The molecule has 0 aliphatic rings. The molecule has 0 N–H and O–H groups in total. The number of aryl methyl sites for hydroxylation is 3. The third-order valence-electron chi connectivity index (χ3n) is 5.17. The molecule has 0 spiro atoms. The second kappa shape index (κ2) is 9.23. The third-order valence-corrected chi connectivity index (χ3v) is 6.39. The van der Waals surface area contributed by atoms with Crippen molar-refractivity contribution in [3.63, 3.8) is 0 Å². The van der Waals surface area contributed by atoms with Gasteiger partial charge in [0, 0.05) is 23.6 Å². The van der Waals surface area contributed by atoms with Gasteiger partial charge in [-0.2, -0.15) is 4.99 Å². The highest BCUT2D eigenvalue weighted by atomic mass is 32.1. The predicted molar refractivity (Wildman–Crippen MR) is 122 cm³/mol. The third kappa shape index (κ3) is 4.50. The molecular weight excluding hydrogens is 432 g/mol. The molecule has 0 atom stereocenters. The zero-order chi connectivity index (χ0) is 23.6. The average molecular weight is 455 g/mol. The van der Waals surface area contributed by atoms with Crippen molar-refractivity contribution in [1.82, 2.24) is 4.57 Å². The fraction of sp³-hybridized carbons (Fsp3) is 0.273. The highest BCUT2D eigenvalue weighted by Gasteiger charge is 2.21. The largest absolute Gasteiger partial charge is 0.316 e. The molecule has 3 rings (SSSR count). The minimum Gasteiger partial charge on any atom is -0.316 e. The van der Waals surface area contributed by atoms with E-state index in [4.69, 9.17) is 0 Å². The van der Waals surface area contributed by atoms with Crippen molar-refractivity contribution in [2.75, 3.05) is 0 Å². The van der Waals surface area contributed by atoms with Crippen molar-refractivity contribution in [1.29, 1.82) is 0 Å². The standard InChI is InChI=1S/C22H22N4O5S/c1-5-19-20(15-8-7-13(3)14(4)9-15)24(6-2)22(32-19)23-21(27)16-10-17(25(28)29)12-18(11-16)26(30)31/h7-12H,5-6H2,1-4H3. The van der Waals surface area contributed by atoms with E-state index in [1.807, 2.05) is 44.4 Å². The quantitative estimate of drug-likeness (QED) is 0.384. The number of hydrogen-bond donors (Lipinski definition) is 0. The molecule has 166 valence electrons. The first-order chi connectivity index (χ1) is 15.2. The summed E-state index contributed by atoms with van der Waals surface area (Å²) in [7, 11) is 0. The van der Waals surface area contributed by atoms with Crippen molar-refractivity contribution in [2.24, 2.45) is 4.99 Å². The molecule has 1 heterocycles. The van der Waals surface area contributed by atoms with Crippen LogP contribution in [0.25, 0.3) is 11.3 Å². The van der Waals surface area contributed by atoms with Crippen molar-refractivity contribution in [3.8, 4) is 11.3 Å². The van der Waals surface area contributed by atoms with Crippen molar-refractivity contribution in [3.05, 3.63) is 83.0 Å². The molecule has 0 bridgehead atoms. The molecule has 32 heavy (non-hydrogen) atoms. The zero-order valence-corrected chi connectivity index (χ0v) is 18.9.